The molecule has 108 valence electrons. The number of halogens is 1. The summed E-state index contributed by atoms with van der Waals surface area (Å²) < 4.78 is 16.1. The fourth-order valence-corrected chi connectivity index (χ4v) is 2.34. The Morgan fingerprint density at radius 3 is 2.40 bits per heavy atom. The average Bonchev–Trinajstić information content (AvgIpc) is 2.80. The highest BCUT2D eigenvalue weighted by Gasteiger charge is 2.18. The minimum Gasteiger partial charge on any atom is -0.239 e. The lowest BCUT2D eigenvalue weighted by molar-refractivity contribution is 0.438. The number of hydrogen-bond donors (Lipinski definition) is 0. The zero-order chi connectivity index (χ0) is 14.4. The molecule has 0 atom stereocenters. The van der Waals surface area contributed by atoms with Crippen molar-refractivity contribution >= 4 is 0 Å². The quantitative estimate of drug-likeness (QED) is 0.707. The molecule has 0 aliphatic carbocycles. The molecule has 0 unspecified atom stereocenters. The normalized spacial score (nSPS) is 10.9. The standard InChI is InChI=1S/C17H23FN2/c1-3-5-12-15-16(14-10-8-7-9-11-14)19-20(17(15)18)13-6-4-2/h7-11H,3-6,12-13H2,1-2H3. The Morgan fingerprint density at radius 1 is 1.05 bits per heavy atom. The van der Waals surface area contributed by atoms with E-state index >= 15 is 0 Å². The second kappa shape index (κ2) is 7.22. The fraction of sp³-hybridized carbons (Fsp3) is 0.471. The van der Waals surface area contributed by atoms with E-state index in [4.69, 9.17) is 0 Å². The SMILES string of the molecule is CCCCc1c(-c2ccccc2)nn(CCCC)c1F. The third-order valence-electron chi connectivity index (χ3n) is 3.53. The van der Waals surface area contributed by atoms with Crippen LogP contribution in [0.15, 0.2) is 30.3 Å². The monoisotopic (exact) mass is 274 g/mol. The van der Waals surface area contributed by atoms with Gasteiger partial charge in [-0.3, -0.25) is 0 Å². The van der Waals surface area contributed by atoms with Crippen molar-refractivity contribution in [2.45, 2.75) is 52.5 Å². The van der Waals surface area contributed by atoms with Crippen LogP contribution in [0, 0.1) is 5.95 Å². The van der Waals surface area contributed by atoms with Crippen molar-refractivity contribution in [1.29, 1.82) is 0 Å². The van der Waals surface area contributed by atoms with E-state index in [9.17, 15) is 4.39 Å². The van der Waals surface area contributed by atoms with Crippen molar-refractivity contribution in [2.24, 2.45) is 0 Å². The highest BCUT2D eigenvalue weighted by molar-refractivity contribution is 5.62. The minimum absolute atomic E-state index is 0.147. The molecule has 0 amide bonds. The molecule has 0 radical (unpaired) electrons. The van der Waals surface area contributed by atoms with Crippen molar-refractivity contribution in [3.05, 3.63) is 41.8 Å². The lowest BCUT2D eigenvalue weighted by Gasteiger charge is -2.01. The van der Waals surface area contributed by atoms with E-state index in [0.29, 0.717) is 6.54 Å². The number of unbranched alkanes of at least 4 members (excludes halogenated alkanes) is 2. The van der Waals surface area contributed by atoms with Crippen LogP contribution in [0.3, 0.4) is 0 Å². The zero-order valence-electron chi connectivity index (χ0n) is 12.4. The van der Waals surface area contributed by atoms with Crippen LogP contribution in [0.1, 0.15) is 45.1 Å². The largest absolute Gasteiger partial charge is 0.239 e. The molecule has 1 aromatic carbocycles. The van der Waals surface area contributed by atoms with Crippen LogP contribution in [-0.2, 0) is 13.0 Å². The molecule has 0 fully saturated rings. The molecule has 1 heterocycles. The number of aromatic nitrogens is 2. The van der Waals surface area contributed by atoms with Gasteiger partial charge in [0, 0.05) is 17.7 Å². The maximum absolute atomic E-state index is 14.5. The van der Waals surface area contributed by atoms with Crippen molar-refractivity contribution in [3.8, 4) is 11.3 Å². The van der Waals surface area contributed by atoms with Crippen molar-refractivity contribution in [3.63, 3.8) is 0 Å². The maximum atomic E-state index is 14.5. The average molecular weight is 274 g/mol. The predicted octanol–water partition coefficient (Wildman–Crippen LogP) is 4.83. The lowest BCUT2D eigenvalue weighted by Crippen LogP contribution is -2.03. The number of hydrogen-bond acceptors (Lipinski definition) is 1. The zero-order valence-corrected chi connectivity index (χ0v) is 12.4. The summed E-state index contributed by atoms with van der Waals surface area (Å²) in [5, 5.41) is 4.51. The summed E-state index contributed by atoms with van der Waals surface area (Å²) >= 11 is 0. The van der Waals surface area contributed by atoms with Crippen LogP contribution < -0.4 is 0 Å². The van der Waals surface area contributed by atoms with E-state index in [1.165, 1.54) is 4.68 Å². The van der Waals surface area contributed by atoms with Gasteiger partial charge in [-0.15, -0.1) is 0 Å². The van der Waals surface area contributed by atoms with Gasteiger partial charge in [0.15, 0.2) is 0 Å². The first-order valence-electron chi connectivity index (χ1n) is 7.58. The van der Waals surface area contributed by atoms with Gasteiger partial charge in [0.2, 0.25) is 5.95 Å². The number of nitrogens with zero attached hydrogens (tertiary/aromatic N) is 2. The van der Waals surface area contributed by atoms with E-state index in [1.807, 2.05) is 30.3 Å². The van der Waals surface area contributed by atoms with Gasteiger partial charge < -0.3 is 0 Å². The first-order valence-corrected chi connectivity index (χ1v) is 7.58. The van der Waals surface area contributed by atoms with Crippen LogP contribution in [-0.4, -0.2) is 9.78 Å². The van der Waals surface area contributed by atoms with Crippen LogP contribution in [0.25, 0.3) is 11.3 Å². The van der Waals surface area contributed by atoms with Gasteiger partial charge in [-0.1, -0.05) is 57.0 Å². The molecule has 0 N–H and O–H groups in total. The first kappa shape index (κ1) is 14.8. The van der Waals surface area contributed by atoms with Crippen LogP contribution >= 0.6 is 0 Å². The highest BCUT2D eigenvalue weighted by atomic mass is 19.1. The van der Waals surface area contributed by atoms with Gasteiger partial charge in [-0.25, -0.2) is 4.68 Å². The Kier molecular flexibility index (Phi) is 5.33. The molecule has 1 aromatic heterocycles. The number of aryl methyl sites for hydroxylation is 1. The molecular formula is C17H23FN2. The molecule has 0 aliphatic heterocycles. The molecule has 0 saturated heterocycles. The van der Waals surface area contributed by atoms with Crippen molar-refractivity contribution in [1.82, 2.24) is 9.78 Å². The molecule has 3 heteroatoms. The Hall–Kier alpha value is -1.64. The highest BCUT2D eigenvalue weighted by Crippen LogP contribution is 2.26. The third kappa shape index (κ3) is 3.27. The van der Waals surface area contributed by atoms with E-state index in [2.05, 4.69) is 18.9 Å². The fourth-order valence-electron chi connectivity index (χ4n) is 2.34. The summed E-state index contributed by atoms with van der Waals surface area (Å²) in [5.74, 6) is -0.147. The van der Waals surface area contributed by atoms with E-state index in [0.717, 1.165) is 48.9 Å². The van der Waals surface area contributed by atoms with Gasteiger partial charge in [0.1, 0.15) is 0 Å². The predicted molar refractivity (Wildman–Crippen MR) is 81.1 cm³/mol. The van der Waals surface area contributed by atoms with Crippen LogP contribution in [0.4, 0.5) is 4.39 Å². The number of rotatable bonds is 7. The summed E-state index contributed by atoms with van der Waals surface area (Å²) in [7, 11) is 0. The molecular weight excluding hydrogens is 251 g/mol. The molecule has 2 aromatic rings. The number of benzene rings is 1. The molecule has 0 spiro atoms. The van der Waals surface area contributed by atoms with Gasteiger partial charge in [0.25, 0.3) is 0 Å². The van der Waals surface area contributed by atoms with Gasteiger partial charge >= 0.3 is 0 Å². The molecule has 0 saturated carbocycles. The Labute approximate surface area is 120 Å². The van der Waals surface area contributed by atoms with Crippen molar-refractivity contribution in [2.75, 3.05) is 0 Å². The second-order valence-electron chi connectivity index (χ2n) is 5.16. The topological polar surface area (TPSA) is 17.8 Å². The molecule has 2 rings (SSSR count). The Bertz CT molecular complexity index is 531. The summed E-state index contributed by atoms with van der Waals surface area (Å²) in [6, 6.07) is 9.92. The summed E-state index contributed by atoms with van der Waals surface area (Å²) in [5.41, 5.74) is 2.59. The smallest absolute Gasteiger partial charge is 0.215 e. The molecule has 0 aliphatic rings. The molecule has 20 heavy (non-hydrogen) atoms. The van der Waals surface area contributed by atoms with E-state index < -0.39 is 0 Å². The minimum atomic E-state index is -0.147. The van der Waals surface area contributed by atoms with E-state index in [1.54, 1.807) is 0 Å². The van der Waals surface area contributed by atoms with Gasteiger partial charge in [0.05, 0.1) is 5.69 Å². The lowest BCUT2D eigenvalue weighted by atomic mass is 10.0. The summed E-state index contributed by atoms with van der Waals surface area (Å²) in [4.78, 5) is 0. The third-order valence-corrected chi connectivity index (χ3v) is 3.53. The molecule has 2 nitrogen and oxygen atoms in total. The Balaban J connectivity index is 2.37. The first-order chi connectivity index (χ1) is 9.77. The molecule has 0 bridgehead atoms. The van der Waals surface area contributed by atoms with Crippen LogP contribution in [0.5, 0.6) is 0 Å². The van der Waals surface area contributed by atoms with Crippen molar-refractivity contribution < 1.29 is 4.39 Å². The Morgan fingerprint density at radius 2 is 1.75 bits per heavy atom. The van der Waals surface area contributed by atoms with E-state index in [-0.39, 0.29) is 5.95 Å². The summed E-state index contributed by atoms with van der Waals surface area (Å²) in [6.45, 7) is 4.90. The maximum Gasteiger partial charge on any atom is 0.215 e. The van der Waals surface area contributed by atoms with Crippen LogP contribution in [0.2, 0.25) is 0 Å². The summed E-state index contributed by atoms with van der Waals surface area (Å²) in [6.07, 6.45) is 4.83. The van der Waals surface area contributed by atoms with Gasteiger partial charge in [-0.05, 0) is 19.3 Å². The second-order valence-corrected chi connectivity index (χ2v) is 5.16. The van der Waals surface area contributed by atoms with Gasteiger partial charge in [-0.2, -0.15) is 9.49 Å².